The van der Waals surface area contributed by atoms with Crippen molar-refractivity contribution in [2.75, 3.05) is 0 Å². The van der Waals surface area contributed by atoms with Gasteiger partial charge in [-0.15, -0.1) is 0 Å². The number of aromatic amines is 2. The molecule has 9 heteroatoms. The van der Waals surface area contributed by atoms with E-state index in [0.29, 0.717) is 42.1 Å². The molecule has 0 amide bonds. The van der Waals surface area contributed by atoms with Gasteiger partial charge in [0.25, 0.3) is 5.56 Å². The highest BCUT2D eigenvalue weighted by molar-refractivity contribution is 5.74. The highest BCUT2D eigenvalue weighted by atomic mass is 16.2. The number of H-pyrrole nitrogens is 2. The quantitative estimate of drug-likeness (QED) is 0.350. The first-order valence-corrected chi connectivity index (χ1v) is 13.5. The highest BCUT2D eigenvalue weighted by Crippen LogP contribution is 2.48. The number of imidazole rings is 2. The normalized spacial score (nSPS) is 23.7. The molecular formula is C27H35N7O2. The zero-order valence-corrected chi connectivity index (χ0v) is 21.1. The topological polar surface area (TPSA) is 113 Å². The van der Waals surface area contributed by atoms with Crippen LogP contribution in [0.4, 0.5) is 0 Å². The van der Waals surface area contributed by atoms with Gasteiger partial charge in [-0.25, -0.2) is 14.8 Å². The number of benzene rings is 1. The van der Waals surface area contributed by atoms with Crippen LogP contribution in [0.15, 0.2) is 33.9 Å². The summed E-state index contributed by atoms with van der Waals surface area (Å²) in [5, 5.41) is 3.80. The third kappa shape index (κ3) is 3.89. The molecule has 0 aliphatic heterocycles. The fourth-order valence-electron chi connectivity index (χ4n) is 6.61. The van der Waals surface area contributed by atoms with Crippen molar-refractivity contribution in [3.63, 3.8) is 0 Å². The maximum absolute atomic E-state index is 13.1. The zero-order valence-electron chi connectivity index (χ0n) is 21.1. The molecule has 2 fully saturated rings. The van der Waals surface area contributed by atoms with Crippen molar-refractivity contribution < 1.29 is 0 Å². The lowest BCUT2D eigenvalue weighted by molar-refractivity contribution is 0.226. The molecule has 2 aliphatic rings. The van der Waals surface area contributed by atoms with Gasteiger partial charge in [0, 0.05) is 25.0 Å². The van der Waals surface area contributed by atoms with Crippen LogP contribution < -0.4 is 16.6 Å². The van der Waals surface area contributed by atoms with Crippen LogP contribution in [-0.2, 0) is 19.6 Å². The Hall–Kier alpha value is -3.20. The first-order valence-electron chi connectivity index (χ1n) is 13.5. The van der Waals surface area contributed by atoms with Gasteiger partial charge in [0.1, 0.15) is 17.2 Å². The Bertz CT molecular complexity index is 1460. The molecule has 6 rings (SSSR count). The van der Waals surface area contributed by atoms with Crippen LogP contribution in [0.3, 0.4) is 0 Å². The molecular weight excluding hydrogens is 454 g/mol. The third-order valence-corrected chi connectivity index (χ3v) is 8.20. The summed E-state index contributed by atoms with van der Waals surface area (Å²) in [6.07, 6.45) is 6.05. The number of hydrogen-bond donors (Lipinski definition) is 3. The van der Waals surface area contributed by atoms with Crippen LogP contribution in [0.2, 0.25) is 0 Å². The van der Waals surface area contributed by atoms with Crippen LogP contribution in [-0.4, -0.2) is 35.1 Å². The Morgan fingerprint density at radius 2 is 1.69 bits per heavy atom. The molecule has 0 saturated heterocycles. The fourth-order valence-corrected chi connectivity index (χ4v) is 6.61. The minimum absolute atomic E-state index is 0.243. The Morgan fingerprint density at radius 3 is 2.42 bits per heavy atom. The number of fused-ring (bicyclic) bond motifs is 4. The largest absolute Gasteiger partial charge is 0.341 e. The third-order valence-electron chi connectivity index (χ3n) is 8.20. The lowest BCUT2D eigenvalue weighted by Crippen LogP contribution is -2.41. The van der Waals surface area contributed by atoms with Crippen molar-refractivity contribution in [2.45, 2.75) is 84.0 Å². The van der Waals surface area contributed by atoms with E-state index in [9.17, 15) is 9.59 Å². The first kappa shape index (κ1) is 23.2. The molecule has 2 aliphatic carbocycles. The van der Waals surface area contributed by atoms with Gasteiger partial charge in [0.15, 0.2) is 5.65 Å². The van der Waals surface area contributed by atoms with Gasteiger partial charge < -0.3 is 15.3 Å². The average molecular weight is 490 g/mol. The molecule has 2 saturated carbocycles. The molecule has 3 aromatic heterocycles. The highest BCUT2D eigenvalue weighted by Gasteiger charge is 2.43. The van der Waals surface area contributed by atoms with E-state index in [-0.39, 0.29) is 17.2 Å². The van der Waals surface area contributed by atoms with E-state index in [2.05, 4.69) is 21.4 Å². The van der Waals surface area contributed by atoms with Crippen molar-refractivity contribution >= 4 is 22.2 Å². The van der Waals surface area contributed by atoms with E-state index < -0.39 is 0 Å². The van der Waals surface area contributed by atoms with Crippen molar-refractivity contribution in [3.05, 3.63) is 56.8 Å². The van der Waals surface area contributed by atoms with E-state index in [1.807, 2.05) is 32.0 Å². The Labute approximate surface area is 209 Å². The van der Waals surface area contributed by atoms with Crippen molar-refractivity contribution in [1.29, 1.82) is 0 Å². The number of nitrogens with zero attached hydrogens (tertiary/aromatic N) is 4. The number of aromatic nitrogens is 6. The molecule has 0 spiro atoms. The molecule has 36 heavy (non-hydrogen) atoms. The number of rotatable bonds is 8. The second-order valence-corrected chi connectivity index (χ2v) is 10.6. The molecule has 2 atom stereocenters. The van der Waals surface area contributed by atoms with Crippen molar-refractivity contribution in [2.24, 2.45) is 11.8 Å². The second kappa shape index (κ2) is 9.35. The monoisotopic (exact) mass is 489 g/mol. The average Bonchev–Trinajstić information content (AvgIpc) is 3.56. The van der Waals surface area contributed by atoms with E-state index in [4.69, 9.17) is 9.97 Å². The zero-order chi connectivity index (χ0) is 24.8. The van der Waals surface area contributed by atoms with Gasteiger partial charge in [-0.2, -0.15) is 0 Å². The van der Waals surface area contributed by atoms with Gasteiger partial charge in [0.05, 0.1) is 17.6 Å². The second-order valence-electron chi connectivity index (χ2n) is 10.6. The first-order chi connectivity index (χ1) is 17.6. The Balaban J connectivity index is 1.23. The van der Waals surface area contributed by atoms with Crippen LogP contribution in [0.25, 0.3) is 22.2 Å². The maximum atomic E-state index is 13.1. The molecule has 9 nitrogen and oxygen atoms in total. The number of hydrogen-bond acceptors (Lipinski definition) is 5. The van der Waals surface area contributed by atoms with E-state index in [1.54, 1.807) is 4.57 Å². The molecule has 4 aromatic rings. The van der Waals surface area contributed by atoms with Crippen LogP contribution in [0.1, 0.15) is 69.9 Å². The summed E-state index contributed by atoms with van der Waals surface area (Å²) >= 11 is 0. The van der Waals surface area contributed by atoms with Crippen LogP contribution in [0, 0.1) is 11.8 Å². The van der Waals surface area contributed by atoms with Gasteiger partial charge >= 0.3 is 5.69 Å². The van der Waals surface area contributed by atoms with E-state index in [0.717, 1.165) is 54.9 Å². The predicted octanol–water partition coefficient (Wildman–Crippen LogP) is 3.64. The van der Waals surface area contributed by atoms with Crippen molar-refractivity contribution in [1.82, 2.24) is 34.4 Å². The molecule has 2 unspecified atom stereocenters. The minimum atomic E-state index is -0.243. The van der Waals surface area contributed by atoms with Gasteiger partial charge in [-0.1, -0.05) is 26.0 Å². The van der Waals surface area contributed by atoms with E-state index in [1.165, 1.54) is 17.4 Å². The van der Waals surface area contributed by atoms with Crippen LogP contribution >= 0.6 is 0 Å². The molecule has 3 heterocycles. The van der Waals surface area contributed by atoms with E-state index >= 15 is 0 Å². The molecule has 190 valence electrons. The smallest absolute Gasteiger partial charge is 0.332 e. The summed E-state index contributed by atoms with van der Waals surface area (Å²) in [7, 11) is 0. The lowest BCUT2D eigenvalue weighted by atomic mass is 9.77. The maximum Gasteiger partial charge on any atom is 0.332 e. The van der Waals surface area contributed by atoms with Crippen LogP contribution in [0.5, 0.6) is 0 Å². The summed E-state index contributed by atoms with van der Waals surface area (Å²) in [6, 6.07) is 8.61. The predicted molar refractivity (Wildman–Crippen MR) is 140 cm³/mol. The Kier molecular flexibility index (Phi) is 6.03. The molecule has 3 N–H and O–H groups in total. The molecule has 2 bridgehead atoms. The number of nitrogens with one attached hydrogen (secondary N) is 3. The standard InChI is InChI=1S/C27H35N7O2/c1-3-11-33-25-23(26(35)34(12-4-2)27(33)36)31-24(32-25)18-13-16-9-10-17(14-18)22(16)28-15-21-29-19-7-5-6-8-20(19)30-21/h5-8,16-18,22,28H,3-4,9-15H2,1-2H3,(H,29,30)(H,31,32). The summed E-state index contributed by atoms with van der Waals surface area (Å²) in [4.78, 5) is 42.6. The van der Waals surface area contributed by atoms with Gasteiger partial charge in [0.2, 0.25) is 0 Å². The summed E-state index contributed by atoms with van der Waals surface area (Å²) in [6.45, 7) is 5.75. The summed E-state index contributed by atoms with van der Waals surface area (Å²) in [5.74, 6) is 3.27. The minimum Gasteiger partial charge on any atom is -0.341 e. The SMILES string of the molecule is CCCn1c(=O)c2[nH]c(C3CC4CCC(C3)C4NCc3nc4ccccc4[nH]3)nc2n(CCC)c1=O. The molecule has 0 radical (unpaired) electrons. The lowest BCUT2D eigenvalue weighted by Gasteiger charge is -2.35. The fraction of sp³-hybridized carbons (Fsp3) is 0.556. The van der Waals surface area contributed by atoms with Crippen molar-refractivity contribution in [3.8, 4) is 0 Å². The summed E-state index contributed by atoms with van der Waals surface area (Å²) < 4.78 is 3.05. The number of aryl methyl sites for hydroxylation is 1. The molecule has 1 aromatic carbocycles. The number of para-hydroxylation sites is 2. The van der Waals surface area contributed by atoms with Gasteiger partial charge in [-0.3, -0.25) is 13.9 Å². The summed E-state index contributed by atoms with van der Waals surface area (Å²) in [5.41, 5.74) is 2.59. The Morgan fingerprint density at radius 1 is 0.972 bits per heavy atom. The van der Waals surface area contributed by atoms with Gasteiger partial charge in [-0.05, 0) is 62.5 Å².